The van der Waals surface area contributed by atoms with Gasteiger partial charge in [0.25, 0.3) is 0 Å². The van der Waals surface area contributed by atoms with Gasteiger partial charge in [0.2, 0.25) is 0 Å². The number of hydrogen-bond acceptors (Lipinski definition) is 3. The minimum Gasteiger partial charge on any atom is -0.493 e. The highest BCUT2D eigenvalue weighted by molar-refractivity contribution is 5.40. The van der Waals surface area contributed by atoms with Crippen LogP contribution < -0.4 is 4.74 Å². The van der Waals surface area contributed by atoms with Crippen molar-refractivity contribution in [3.05, 3.63) is 29.3 Å². The van der Waals surface area contributed by atoms with Gasteiger partial charge in [0.05, 0.1) is 18.3 Å². The molecule has 0 amide bonds. The Hall–Kier alpha value is -1.06. The van der Waals surface area contributed by atoms with Crippen LogP contribution >= 0.6 is 0 Å². The number of fused-ring (bicyclic) bond motifs is 1. The zero-order valence-electron chi connectivity index (χ0n) is 11.8. The fourth-order valence-corrected chi connectivity index (χ4v) is 3.92. The fourth-order valence-electron chi connectivity index (χ4n) is 3.92. The van der Waals surface area contributed by atoms with E-state index in [1.807, 2.05) is 12.1 Å². The summed E-state index contributed by atoms with van der Waals surface area (Å²) in [5, 5.41) is 10.7. The molecule has 3 nitrogen and oxygen atoms in total. The summed E-state index contributed by atoms with van der Waals surface area (Å²) < 4.78 is 11.5. The van der Waals surface area contributed by atoms with Gasteiger partial charge in [-0.25, -0.2) is 0 Å². The molecule has 3 aliphatic rings. The highest BCUT2D eigenvalue weighted by Gasteiger charge is 2.44. The van der Waals surface area contributed by atoms with Gasteiger partial charge in [0.15, 0.2) is 0 Å². The molecule has 2 unspecified atom stereocenters. The quantitative estimate of drug-likeness (QED) is 0.901. The van der Waals surface area contributed by atoms with Crippen molar-refractivity contribution in [3.8, 4) is 5.75 Å². The molecule has 0 bridgehead atoms. The van der Waals surface area contributed by atoms with Crippen molar-refractivity contribution >= 4 is 0 Å². The van der Waals surface area contributed by atoms with Crippen molar-refractivity contribution in [2.24, 2.45) is 5.92 Å². The summed E-state index contributed by atoms with van der Waals surface area (Å²) in [6, 6.07) is 6.17. The number of aliphatic hydroxyl groups excluding tert-OH is 1. The Morgan fingerprint density at radius 3 is 2.95 bits per heavy atom. The van der Waals surface area contributed by atoms with Gasteiger partial charge in [-0.3, -0.25) is 0 Å². The average Bonchev–Trinajstić information content (AvgIpc) is 2.92. The molecule has 20 heavy (non-hydrogen) atoms. The number of benzene rings is 1. The van der Waals surface area contributed by atoms with Crippen LogP contribution in [0.5, 0.6) is 5.75 Å². The van der Waals surface area contributed by atoms with Gasteiger partial charge in [-0.2, -0.15) is 0 Å². The fraction of sp³-hybridized carbons (Fsp3) is 0.647. The zero-order chi connectivity index (χ0) is 13.6. The predicted molar refractivity (Wildman–Crippen MR) is 75.9 cm³/mol. The van der Waals surface area contributed by atoms with Crippen LogP contribution in [0.1, 0.15) is 49.3 Å². The van der Waals surface area contributed by atoms with E-state index in [0.29, 0.717) is 5.92 Å². The van der Waals surface area contributed by atoms with E-state index in [1.54, 1.807) is 0 Å². The SMILES string of the molecule is OC(c1ccc2c(c1)CCO2)C1CCOC2(CCC2)C1. The van der Waals surface area contributed by atoms with Gasteiger partial charge < -0.3 is 14.6 Å². The lowest BCUT2D eigenvalue weighted by Crippen LogP contribution is -2.46. The topological polar surface area (TPSA) is 38.7 Å². The van der Waals surface area contributed by atoms with Crippen LogP contribution in [0.2, 0.25) is 0 Å². The summed E-state index contributed by atoms with van der Waals surface area (Å²) in [7, 11) is 0. The molecule has 2 heterocycles. The first-order chi connectivity index (χ1) is 9.76. The molecule has 1 N–H and O–H groups in total. The summed E-state index contributed by atoms with van der Waals surface area (Å²) in [6.45, 7) is 1.57. The third kappa shape index (κ3) is 2.04. The lowest BCUT2D eigenvalue weighted by molar-refractivity contribution is -0.157. The summed E-state index contributed by atoms with van der Waals surface area (Å²) in [5.74, 6) is 1.33. The van der Waals surface area contributed by atoms with Gasteiger partial charge >= 0.3 is 0 Å². The van der Waals surface area contributed by atoms with Crippen molar-refractivity contribution < 1.29 is 14.6 Å². The number of hydrogen-bond donors (Lipinski definition) is 1. The minimum absolute atomic E-state index is 0.101. The largest absolute Gasteiger partial charge is 0.493 e. The molecule has 2 atom stereocenters. The third-order valence-electron chi connectivity index (χ3n) is 5.30. The molecule has 1 spiro atoms. The second-order valence-electron chi connectivity index (χ2n) is 6.55. The predicted octanol–water partition coefficient (Wildman–Crippen LogP) is 3.00. The van der Waals surface area contributed by atoms with E-state index >= 15 is 0 Å². The first kappa shape index (κ1) is 12.7. The maximum Gasteiger partial charge on any atom is 0.122 e. The van der Waals surface area contributed by atoms with E-state index in [2.05, 4.69) is 6.07 Å². The summed E-state index contributed by atoms with van der Waals surface area (Å²) in [4.78, 5) is 0. The molecule has 1 saturated heterocycles. The first-order valence-corrected chi connectivity index (χ1v) is 7.83. The second-order valence-corrected chi connectivity index (χ2v) is 6.55. The number of rotatable bonds is 2. The maximum atomic E-state index is 10.7. The molecular formula is C17H22O3. The molecule has 4 rings (SSSR count). The van der Waals surface area contributed by atoms with E-state index in [0.717, 1.165) is 43.8 Å². The van der Waals surface area contributed by atoms with Crippen molar-refractivity contribution in [2.45, 2.75) is 50.2 Å². The van der Waals surface area contributed by atoms with Crippen LogP contribution in [0.3, 0.4) is 0 Å². The van der Waals surface area contributed by atoms with Crippen LogP contribution in [-0.4, -0.2) is 23.9 Å². The van der Waals surface area contributed by atoms with E-state index in [1.165, 1.54) is 24.8 Å². The van der Waals surface area contributed by atoms with Crippen LogP contribution in [-0.2, 0) is 11.2 Å². The van der Waals surface area contributed by atoms with Gasteiger partial charge in [-0.05, 0) is 61.3 Å². The van der Waals surface area contributed by atoms with E-state index in [9.17, 15) is 5.11 Å². The molecule has 3 heteroatoms. The Morgan fingerprint density at radius 1 is 1.25 bits per heavy atom. The van der Waals surface area contributed by atoms with Crippen LogP contribution in [0.15, 0.2) is 18.2 Å². The molecule has 2 fully saturated rings. The summed E-state index contributed by atoms with van der Waals surface area (Å²) in [6.07, 6.45) is 6.22. The van der Waals surface area contributed by atoms with E-state index in [-0.39, 0.29) is 11.7 Å². The molecule has 0 aromatic heterocycles. The van der Waals surface area contributed by atoms with Gasteiger partial charge in [-0.1, -0.05) is 6.07 Å². The van der Waals surface area contributed by atoms with E-state index in [4.69, 9.17) is 9.47 Å². The van der Waals surface area contributed by atoms with Crippen molar-refractivity contribution in [3.63, 3.8) is 0 Å². The molecule has 1 saturated carbocycles. The normalized spacial score (nSPS) is 28.6. The Kier molecular flexibility index (Phi) is 3.00. The maximum absolute atomic E-state index is 10.7. The standard InChI is InChI=1S/C17H22O3/c18-16(13-2-3-15-12(10-13)4-8-19-15)14-5-9-20-17(11-14)6-1-7-17/h2-3,10,14,16,18H,1,4-9,11H2. The monoisotopic (exact) mass is 274 g/mol. The lowest BCUT2D eigenvalue weighted by atomic mass is 9.70. The lowest BCUT2D eigenvalue weighted by Gasteiger charge is -2.48. The van der Waals surface area contributed by atoms with Crippen molar-refractivity contribution in [1.29, 1.82) is 0 Å². The van der Waals surface area contributed by atoms with Crippen molar-refractivity contribution in [1.82, 2.24) is 0 Å². The minimum atomic E-state index is -0.359. The van der Waals surface area contributed by atoms with Crippen LogP contribution in [0.25, 0.3) is 0 Å². The molecule has 1 aromatic carbocycles. The van der Waals surface area contributed by atoms with Gasteiger partial charge in [0, 0.05) is 13.0 Å². The summed E-state index contributed by atoms with van der Waals surface area (Å²) >= 11 is 0. The van der Waals surface area contributed by atoms with Crippen molar-refractivity contribution in [2.75, 3.05) is 13.2 Å². The first-order valence-electron chi connectivity index (χ1n) is 7.83. The highest BCUT2D eigenvalue weighted by Crippen LogP contribution is 2.47. The Labute approximate surface area is 119 Å². The Bertz CT molecular complexity index is 507. The van der Waals surface area contributed by atoms with Crippen LogP contribution in [0.4, 0.5) is 0 Å². The second kappa shape index (κ2) is 4.74. The Morgan fingerprint density at radius 2 is 2.15 bits per heavy atom. The molecule has 108 valence electrons. The highest BCUT2D eigenvalue weighted by atomic mass is 16.5. The van der Waals surface area contributed by atoms with E-state index < -0.39 is 0 Å². The molecule has 0 radical (unpaired) electrons. The Balaban J connectivity index is 1.53. The molecule has 2 aliphatic heterocycles. The number of ether oxygens (including phenoxy) is 2. The third-order valence-corrected chi connectivity index (χ3v) is 5.30. The van der Waals surface area contributed by atoms with Crippen LogP contribution in [0, 0.1) is 5.92 Å². The molecule has 1 aliphatic carbocycles. The zero-order valence-corrected chi connectivity index (χ0v) is 11.8. The summed E-state index contributed by atoms with van der Waals surface area (Å²) in [5.41, 5.74) is 2.39. The van der Waals surface area contributed by atoms with Gasteiger partial charge in [0.1, 0.15) is 5.75 Å². The smallest absolute Gasteiger partial charge is 0.122 e. The average molecular weight is 274 g/mol. The number of aliphatic hydroxyl groups is 1. The molecule has 1 aromatic rings. The molecular weight excluding hydrogens is 252 g/mol. The van der Waals surface area contributed by atoms with Gasteiger partial charge in [-0.15, -0.1) is 0 Å².